The highest BCUT2D eigenvalue weighted by Gasteiger charge is 2.05. The number of carbonyl (C=O) groups is 1. The summed E-state index contributed by atoms with van der Waals surface area (Å²) >= 11 is 1.68. The fourth-order valence-corrected chi connectivity index (χ4v) is 2.49. The van der Waals surface area contributed by atoms with Gasteiger partial charge in [0.15, 0.2) is 5.96 Å². The molecule has 0 aliphatic heterocycles. The number of nitrogens with one attached hydrogen (secondary N) is 2. The summed E-state index contributed by atoms with van der Waals surface area (Å²) in [7, 11) is 3.45. The minimum atomic E-state index is -0.0326. The van der Waals surface area contributed by atoms with Crippen molar-refractivity contribution in [1.82, 2.24) is 30.5 Å². The summed E-state index contributed by atoms with van der Waals surface area (Å²) in [5.41, 5.74) is 0. The number of likely N-dealkylation sites (N-methyl/N-ethyl adjacent to an activating group) is 1. The molecule has 2 rings (SSSR count). The van der Waals surface area contributed by atoms with Gasteiger partial charge in [0.05, 0.1) is 12.7 Å². The van der Waals surface area contributed by atoms with Crippen LogP contribution in [0.5, 0.6) is 0 Å². The molecule has 2 heterocycles. The van der Waals surface area contributed by atoms with Gasteiger partial charge in [0, 0.05) is 38.3 Å². The first-order valence-corrected chi connectivity index (χ1v) is 8.62. The molecule has 0 saturated carbocycles. The Morgan fingerprint density at radius 3 is 2.88 bits per heavy atom. The van der Waals surface area contributed by atoms with Crippen molar-refractivity contribution in [2.45, 2.75) is 19.5 Å². The van der Waals surface area contributed by atoms with E-state index in [4.69, 9.17) is 0 Å². The van der Waals surface area contributed by atoms with Crippen LogP contribution in [0.4, 0.5) is 0 Å². The molecule has 0 saturated heterocycles. The van der Waals surface area contributed by atoms with Crippen LogP contribution in [-0.4, -0.2) is 58.9 Å². The summed E-state index contributed by atoms with van der Waals surface area (Å²) in [5.74, 6) is 0.604. The van der Waals surface area contributed by atoms with E-state index in [2.05, 4.69) is 32.0 Å². The molecule has 0 fully saturated rings. The third kappa shape index (κ3) is 8.29. The number of aromatic nitrogens is 3. The molecule has 0 aliphatic rings. The Balaban J connectivity index is 0.00000312. The van der Waals surface area contributed by atoms with E-state index in [1.54, 1.807) is 36.3 Å². The molecule has 10 heteroatoms. The number of thiophene rings is 1. The zero-order chi connectivity index (χ0) is 17.2. The quantitative estimate of drug-likeness (QED) is 0.258. The summed E-state index contributed by atoms with van der Waals surface area (Å²) in [6, 6.07) is 4.07. The van der Waals surface area contributed by atoms with Crippen LogP contribution in [0.3, 0.4) is 0 Å². The lowest BCUT2D eigenvalue weighted by Gasteiger charge is -2.13. The molecular weight excluding hydrogens is 453 g/mol. The van der Waals surface area contributed by atoms with Crippen LogP contribution in [0.2, 0.25) is 0 Å². The number of hydrogen-bond donors (Lipinski definition) is 2. The Kier molecular flexibility index (Phi) is 10.1. The number of guanidine groups is 1. The second kappa shape index (κ2) is 11.8. The standard InChI is InChI=1S/C15H23N7OS.HI/c1-21(2)14(23)12-18-15(17-11-13-5-3-10-24-13)16-6-4-8-22-9-7-19-20-22;/h3,5,7,9-10H,4,6,8,11-12H2,1-2H3,(H2,16,17,18);1H. The Bertz CT molecular complexity index is 628. The van der Waals surface area contributed by atoms with Gasteiger partial charge >= 0.3 is 0 Å². The topological polar surface area (TPSA) is 87.4 Å². The van der Waals surface area contributed by atoms with Crippen molar-refractivity contribution in [2.24, 2.45) is 4.99 Å². The second-order valence-corrected chi connectivity index (χ2v) is 6.36. The van der Waals surface area contributed by atoms with E-state index >= 15 is 0 Å². The normalized spacial score (nSPS) is 10.9. The SMILES string of the molecule is CN(C)C(=O)CN=C(NCCCn1ccnn1)NCc1cccs1.I. The largest absolute Gasteiger partial charge is 0.356 e. The van der Waals surface area contributed by atoms with Crippen molar-refractivity contribution >= 4 is 47.2 Å². The molecule has 25 heavy (non-hydrogen) atoms. The van der Waals surface area contributed by atoms with Gasteiger partial charge in [-0.05, 0) is 17.9 Å². The predicted molar refractivity (Wildman–Crippen MR) is 110 cm³/mol. The van der Waals surface area contributed by atoms with Gasteiger partial charge < -0.3 is 15.5 Å². The molecule has 1 amide bonds. The third-order valence-electron chi connectivity index (χ3n) is 3.21. The summed E-state index contributed by atoms with van der Waals surface area (Å²) < 4.78 is 1.78. The number of hydrogen-bond acceptors (Lipinski definition) is 5. The Morgan fingerprint density at radius 1 is 1.40 bits per heavy atom. The summed E-state index contributed by atoms with van der Waals surface area (Å²) in [5, 5.41) is 16.2. The van der Waals surface area contributed by atoms with Gasteiger partial charge in [0.2, 0.25) is 5.91 Å². The van der Waals surface area contributed by atoms with Crippen LogP contribution < -0.4 is 10.6 Å². The Labute approximate surface area is 168 Å². The monoisotopic (exact) mass is 477 g/mol. The highest BCUT2D eigenvalue weighted by Crippen LogP contribution is 2.07. The van der Waals surface area contributed by atoms with Gasteiger partial charge in [-0.2, -0.15) is 0 Å². The van der Waals surface area contributed by atoms with Crippen LogP contribution in [-0.2, 0) is 17.9 Å². The van der Waals surface area contributed by atoms with E-state index in [9.17, 15) is 4.79 Å². The third-order valence-corrected chi connectivity index (χ3v) is 4.09. The second-order valence-electron chi connectivity index (χ2n) is 5.33. The summed E-state index contributed by atoms with van der Waals surface area (Å²) in [4.78, 5) is 18.8. The van der Waals surface area contributed by atoms with E-state index in [-0.39, 0.29) is 36.4 Å². The number of aliphatic imine (C=N–C) groups is 1. The average Bonchev–Trinajstić information content (AvgIpc) is 3.26. The summed E-state index contributed by atoms with van der Waals surface area (Å²) in [6.45, 7) is 2.31. The van der Waals surface area contributed by atoms with Gasteiger partial charge in [0.25, 0.3) is 0 Å². The lowest BCUT2D eigenvalue weighted by atomic mass is 10.4. The van der Waals surface area contributed by atoms with E-state index in [0.29, 0.717) is 12.5 Å². The van der Waals surface area contributed by atoms with Crippen LogP contribution >= 0.6 is 35.3 Å². The van der Waals surface area contributed by atoms with E-state index in [0.717, 1.165) is 19.5 Å². The van der Waals surface area contributed by atoms with Crippen LogP contribution in [0.1, 0.15) is 11.3 Å². The van der Waals surface area contributed by atoms with Crippen molar-refractivity contribution in [1.29, 1.82) is 0 Å². The molecule has 2 aromatic heterocycles. The average molecular weight is 477 g/mol. The van der Waals surface area contributed by atoms with E-state index in [1.165, 1.54) is 9.78 Å². The molecule has 0 unspecified atom stereocenters. The maximum atomic E-state index is 11.7. The molecule has 2 N–H and O–H groups in total. The highest BCUT2D eigenvalue weighted by molar-refractivity contribution is 14.0. The van der Waals surface area contributed by atoms with Gasteiger partial charge in [-0.15, -0.1) is 40.4 Å². The maximum absolute atomic E-state index is 11.7. The Hall–Kier alpha value is -1.69. The van der Waals surface area contributed by atoms with Crippen molar-refractivity contribution in [2.75, 3.05) is 27.2 Å². The van der Waals surface area contributed by atoms with Crippen molar-refractivity contribution in [3.8, 4) is 0 Å². The zero-order valence-corrected chi connectivity index (χ0v) is 17.5. The molecule has 2 aromatic rings. The van der Waals surface area contributed by atoms with Gasteiger partial charge in [-0.25, -0.2) is 4.99 Å². The lowest BCUT2D eigenvalue weighted by molar-refractivity contribution is -0.127. The first-order chi connectivity index (χ1) is 11.6. The highest BCUT2D eigenvalue weighted by atomic mass is 127. The van der Waals surface area contributed by atoms with Crippen LogP contribution in [0.25, 0.3) is 0 Å². The molecule has 0 aliphatic carbocycles. The van der Waals surface area contributed by atoms with Crippen molar-refractivity contribution in [3.05, 3.63) is 34.8 Å². The van der Waals surface area contributed by atoms with E-state index < -0.39 is 0 Å². The van der Waals surface area contributed by atoms with Gasteiger partial charge in [-0.3, -0.25) is 9.48 Å². The molecule has 0 bridgehead atoms. The summed E-state index contributed by atoms with van der Waals surface area (Å²) in [6.07, 6.45) is 4.38. The fourth-order valence-electron chi connectivity index (χ4n) is 1.85. The van der Waals surface area contributed by atoms with Gasteiger partial charge in [-0.1, -0.05) is 11.3 Å². The maximum Gasteiger partial charge on any atom is 0.243 e. The number of aryl methyl sites for hydroxylation is 1. The van der Waals surface area contributed by atoms with E-state index in [1.807, 2.05) is 17.6 Å². The first kappa shape index (κ1) is 21.4. The smallest absolute Gasteiger partial charge is 0.243 e. The first-order valence-electron chi connectivity index (χ1n) is 7.74. The lowest BCUT2D eigenvalue weighted by Crippen LogP contribution is -2.38. The molecule has 0 aromatic carbocycles. The number of amides is 1. The molecule has 138 valence electrons. The molecule has 8 nitrogen and oxygen atoms in total. The zero-order valence-electron chi connectivity index (χ0n) is 14.4. The number of carbonyl (C=O) groups excluding carboxylic acids is 1. The fraction of sp³-hybridized carbons (Fsp3) is 0.467. The minimum absolute atomic E-state index is 0. The Morgan fingerprint density at radius 2 is 2.24 bits per heavy atom. The predicted octanol–water partition coefficient (Wildman–Crippen LogP) is 1.17. The van der Waals surface area contributed by atoms with Crippen molar-refractivity contribution < 1.29 is 4.79 Å². The van der Waals surface area contributed by atoms with Crippen LogP contribution in [0.15, 0.2) is 34.9 Å². The van der Waals surface area contributed by atoms with Crippen molar-refractivity contribution in [3.63, 3.8) is 0 Å². The van der Waals surface area contributed by atoms with Gasteiger partial charge in [0.1, 0.15) is 6.54 Å². The molecule has 0 spiro atoms. The number of rotatable bonds is 8. The molecule has 0 radical (unpaired) electrons. The minimum Gasteiger partial charge on any atom is -0.356 e. The van der Waals surface area contributed by atoms with Crippen LogP contribution in [0, 0.1) is 0 Å². The molecular formula is C15H24IN7OS. The molecule has 0 atom stereocenters. The number of halogens is 1. The number of nitrogens with zero attached hydrogens (tertiary/aromatic N) is 5.